The van der Waals surface area contributed by atoms with Crippen LogP contribution >= 0.6 is 15.9 Å². The molecule has 0 bridgehead atoms. The zero-order valence-electron chi connectivity index (χ0n) is 10.3. The maximum absolute atomic E-state index is 5.68. The van der Waals surface area contributed by atoms with Gasteiger partial charge in [0.05, 0.1) is 12.6 Å². The largest absolute Gasteiger partial charge is 0.496 e. The summed E-state index contributed by atoms with van der Waals surface area (Å²) in [5.74, 6) is 1.06. The van der Waals surface area contributed by atoms with Gasteiger partial charge in [-0.25, -0.2) is 0 Å². The zero-order chi connectivity index (χ0) is 12.3. The minimum absolute atomic E-state index is 0.180. The second kappa shape index (κ2) is 5.69. The summed E-state index contributed by atoms with van der Waals surface area (Å²) in [5.41, 5.74) is 2.50. The second-order valence-electron chi connectivity index (χ2n) is 4.24. The molecule has 1 aliphatic heterocycles. The Bertz CT molecular complexity index is 428. The van der Waals surface area contributed by atoms with Crippen LogP contribution in [0, 0.1) is 6.92 Å². The average molecular weight is 296 g/mol. The van der Waals surface area contributed by atoms with Gasteiger partial charge in [-0.3, -0.25) is 0 Å². The molecule has 1 aromatic rings. The van der Waals surface area contributed by atoms with Crippen LogP contribution in [0.5, 0.6) is 0 Å². The Morgan fingerprint density at radius 3 is 2.88 bits per heavy atom. The first-order chi connectivity index (χ1) is 8.22. The van der Waals surface area contributed by atoms with Crippen LogP contribution in [0.4, 0.5) is 0 Å². The van der Waals surface area contributed by atoms with Gasteiger partial charge in [0.15, 0.2) is 0 Å². The van der Waals surface area contributed by atoms with Crippen LogP contribution in [0.1, 0.15) is 30.5 Å². The van der Waals surface area contributed by atoms with Gasteiger partial charge in [-0.2, -0.15) is 0 Å². The van der Waals surface area contributed by atoms with E-state index in [2.05, 4.69) is 59.4 Å². The van der Waals surface area contributed by atoms with Gasteiger partial charge in [-0.1, -0.05) is 35.0 Å². The van der Waals surface area contributed by atoms with E-state index in [-0.39, 0.29) is 6.04 Å². The van der Waals surface area contributed by atoms with Gasteiger partial charge in [-0.05, 0) is 36.7 Å². The highest BCUT2D eigenvalue weighted by atomic mass is 79.9. The van der Waals surface area contributed by atoms with Gasteiger partial charge in [0.25, 0.3) is 0 Å². The standard InChI is InChI=1S/C14H18BrNO/c1-3-16-14(13-5-4-8-17-13)11-7-6-10(2)12(15)9-11/h5-7,9,14,16H,3-4,8H2,1-2H3. The van der Waals surface area contributed by atoms with Crippen LogP contribution in [0.25, 0.3) is 0 Å². The van der Waals surface area contributed by atoms with Crippen molar-refractivity contribution >= 4 is 15.9 Å². The number of halogens is 1. The van der Waals surface area contributed by atoms with Crippen molar-refractivity contribution in [3.63, 3.8) is 0 Å². The Morgan fingerprint density at radius 2 is 2.29 bits per heavy atom. The molecular formula is C14H18BrNO. The molecule has 0 fully saturated rings. The molecular weight excluding hydrogens is 278 g/mol. The summed E-state index contributed by atoms with van der Waals surface area (Å²) in [7, 11) is 0. The number of ether oxygens (including phenoxy) is 1. The van der Waals surface area contributed by atoms with Crippen molar-refractivity contribution in [2.24, 2.45) is 0 Å². The smallest absolute Gasteiger partial charge is 0.114 e. The monoisotopic (exact) mass is 295 g/mol. The van der Waals surface area contributed by atoms with Crippen molar-refractivity contribution in [3.05, 3.63) is 45.6 Å². The summed E-state index contributed by atoms with van der Waals surface area (Å²) in [4.78, 5) is 0. The fourth-order valence-electron chi connectivity index (χ4n) is 2.01. The van der Waals surface area contributed by atoms with Crippen LogP contribution in [0.3, 0.4) is 0 Å². The number of hydrogen-bond donors (Lipinski definition) is 1. The predicted molar refractivity (Wildman–Crippen MR) is 73.9 cm³/mol. The fraction of sp³-hybridized carbons (Fsp3) is 0.429. The van der Waals surface area contributed by atoms with Crippen molar-refractivity contribution in [3.8, 4) is 0 Å². The Kier molecular flexibility index (Phi) is 4.24. The molecule has 92 valence electrons. The number of rotatable bonds is 4. The summed E-state index contributed by atoms with van der Waals surface area (Å²) in [6.45, 7) is 5.95. The number of benzene rings is 1. The molecule has 1 unspecified atom stereocenters. The molecule has 0 aromatic heterocycles. The molecule has 2 nitrogen and oxygen atoms in total. The number of hydrogen-bond acceptors (Lipinski definition) is 2. The molecule has 1 N–H and O–H groups in total. The Morgan fingerprint density at radius 1 is 1.47 bits per heavy atom. The zero-order valence-corrected chi connectivity index (χ0v) is 11.9. The maximum Gasteiger partial charge on any atom is 0.114 e. The summed E-state index contributed by atoms with van der Waals surface area (Å²) in [5, 5.41) is 3.47. The molecule has 2 rings (SSSR count). The summed E-state index contributed by atoms with van der Waals surface area (Å²) < 4.78 is 6.83. The SMILES string of the molecule is CCNC(C1=CCCO1)c1ccc(C)c(Br)c1. The Labute approximate surface area is 111 Å². The number of likely N-dealkylation sites (N-methyl/N-ethyl adjacent to an activating group) is 1. The molecule has 0 saturated heterocycles. The van der Waals surface area contributed by atoms with E-state index in [1.807, 2.05) is 0 Å². The third-order valence-corrected chi connectivity index (χ3v) is 3.81. The topological polar surface area (TPSA) is 21.3 Å². The first-order valence-corrected chi connectivity index (χ1v) is 6.84. The minimum Gasteiger partial charge on any atom is -0.496 e. The molecule has 17 heavy (non-hydrogen) atoms. The molecule has 0 saturated carbocycles. The molecule has 1 aromatic carbocycles. The van der Waals surface area contributed by atoms with Crippen molar-refractivity contribution in [2.45, 2.75) is 26.3 Å². The van der Waals surface area contributed by atoms with E-state index >= 15 is 0 Å². The first kappa shape index (κ1) is 12.7. The molecule has 3 heteroatoms. The van der Waals surface area contributed by atoms with Crippen molar-refractivity contribution < 1.29 is 4.74 Å². The second-order valence-corrected chi connectivity index (χ2v) is 5.10. The first-order valence-electron chi connectivity index (χ1n) is 6.04. The van der Waals surface area contributed by atoms with E-state index in [4.69, 9.17) is 4.74 Å². The molecule has 0 radical (unpaired) electrons. The van der Waals surface area contributed by atoms with Gasteiger partial charge in [0.2, 0.25) is 0 Å². The van der Waals surface area contributed by atoms with Crippen LogP contribution in [0.15, 0.2) is 34.5 Å². The van der Waals surface area contributed by atoms with E-state index < -0.39 is 0 Å². The molecule has 0 amide bonds. The van der Waals surface area contributed by atoms with E-state index in [0.717, 1.165) is 29.8 Å². The highest BCUT2D eigenvalue weighted by Crippen LogP contribution is 2.29. The molecule has 0 aliphatic carbocycles. The van der Waals surface area contributed by atoms with Crippen molar-refractivity contribution in [1.29, 1.82) is 0 Å². The van der Waals surface area contributed by atoms with E-state index in [9.17, 15) is 0 Å². The molecule has 1 atom stereocenters. The van der Waals surface area contributed by atoms with Crippen molar-refractivity contribution in [2.75, 3.05) is 13.2 Å². The number of nitrogens with one attached hydrogen (secondary N) is 1. The Balaban J connectivity index is 2.28. The average Bonchev–Trinajstić information content (AvgIpc) is 2.83. The lowest BCUT2D eigenvalue weighted by Crippen LogP contribution is -2.23. The van der Waals surface area contributed by atoms with E-state index in [1.165, 1.54) is 11.1 Å². The fourth-order valence-corrected chi connectivity index (χ4v) is 2.41. The highest BCUT2D eigenvalue weighted by molar-refractivity contribution is 9.10. The summed E-state index contributed by atoms with van der Waals surface area (Å²) in [6, 6.07) is 6.65. The van der Waals surface area contributed by atoms with Gasteiger partial charge in [0, 0.05) is 10.9 Å². The van der Waals surface area contributed by atoms with Crippen LogP contribution in [-0.2, 0) is 4.74 Å². The van der Waals surface area contributed by atoms with Gasteiger partial charge in [0.1, 0.15) is 5.76 Å². The molecule has 1 aliphatic rings. The lowest BCUT2D eigenvalue weighted by molar-refractivity contribution is 0.216. The van der Waals surface area contributed by atoms with E-state index in [1.54, 1.807) is 0 Å². The maximum atomic E-state index is 5.68. The highest BCUT2D eigenvalue weighted by Gasteiger charge is 2.20. The minimum atomic E-state index is 0.180. The third-order valence-electron chi connectivity index (χ3n) is 2.95. The van der Waals surface area contributed by atoms with Crippen molar-refractivity contribution in [1.82, 2.24) is 5.32 Å². The lowest BCUT2D eigenvalue weighted by Gasteiger charge is -2.20. The molecule has 0 spiro atoms. The Hall–Kier alpha value is -0.800. The third kappa shape index (κ3) is 2.90. The quantitative estimate of drug-likeness (QED) is 0.914. The van der Waals surface area contributed by atoms with Crippen LogP contribution < -0.4 is 5.32 Å². The predicted octanol–water partition coefficient (Wildman–Crippen LogP) is 3.71. The lowest BCUT2D eigenvalue weighted by atomic mass is 10.0. The summed E-state index contributed by atoms with van der Waals surface area (Å²) >= 11 is 3.59. The normalized spacial score (nSPS) is 16.5. The summed E-state index contributed by atoms with van der Waals surface area (Å²) in [6.07, 6.45) is 3.20. The van der Waals surface area contributed by atoms with Gasteiger partial charge in [-0.15, -0.1) is 0 Å². The molecule has 1 heterocycles. The van der Waals surface area contributed by atoms with Crippen LogP contribution in [-0.4, -0.2) is 13.2 Å². The van der Waals surface area contributed by atoms with E-state index in [0.29, 0.717) is 0 Å². The van der Waals surface area contributed by atoms with Gasteiger partial charge >= 0.3 is 0 Å². The number of aryl methyl sites for hydroxylation is 1. The van der Waals surface area contributed by atoms with Gasteiger partial charge < -0.3 is 10.1 Å². The van der Waals surface area contributed by atoms with Crippen LogP contribution in [0.2, 0.25) is 0 Å².